The number of nitro benzene ring substituents is 1. The van der Waals surface area contributed by atoms with Gasteiger partial charge >= 0.3 is 6.09 Å². The molecule has 0 radical (unpaired) electrons. The van der Waals surface area contributed by atoms with E-state index in [9.17, 15) is 19.3 Å². The number of ether oxygens (including phenoxy) is 1. The Labute approximate surface area is 139 Å². The van der Waals surface area contributed by atoms with E-state index in [4.69, 9.17) is 4.74 Å². The zero-order chi connectivity index (χ0) is 17.6. The van der Waals surface area contributed by atoms with Crippen LogP contribution in [0, 0.1) is 15.9 Å². The molecular formula is C16H20FN3O4. The number of hydrogen-bond donors (Lipinski definition) is 0. The molecular weight excluding hydrogens is 317 g/mol. The smallest absolute Gasteiger partial charge is 0.410 e. The molecule has 2 aliphatic heterocycles. The number of hydrogen-bond acceptors (Lipinski definition) is 5. The molecule has 2 bridgehead atoms. The number of amides is 1. The standard InChI is InChI=1S/C16H20FN3O4/c1-16(2,3)24-15(21)19-9-11-6-12(19)8-18(11)14-5-4-10(20(22)23)7-13(14)17/h4-5,7,11-12H,6,8-9H2,1-3H3/t11-,12-/m0/s1. The van der Waals surface area contributed by atoms with Crippen molar-refractivity contribution in [1.82, 2.24) is 4.90 Å². The molecule has 8 heteroatoms. The highest BCUT2D eigenvalue weighted by Gasteiger charge is 2.47. The molecule has 2 atom stereocenters. The molecule has 2 aliphatic rings. The van der Waals surface area contributed by atoms with Crippen LogP contribution >= 0.6 is 0 Å². The van der Waals surface area contributed by atoms with E-state index in [1.807, 2.05) is 25.7 Å². The molecule has 0 N–H and O–H groups in total. The molecule has 3 rings (SSSR count). The third-order valence-corrected chi connectivity index (χ3v) is 4.32. The molecule has 0 spiro atoms. The Balaban J connectivity index is 1.72. The van der Waals surface area contributed by atoms with Gasteiger partial charge in [0, 0.05) is 25.2 Å². The molecule has 1 amide bonds. The number of carbonyl (C=O) groups is 1. The fourth-order valence-corrected chi connectivity index (χ4v) is 3.35. The SMILES string of the molecule is CC(C)(C)OC(=O)N1C[C@@H]2C[C@H]1CN2c1ccc([N+](=O)[O-])cc1F. The first-order valence-corrected chi connectivity index (χ1v) is 7.86. The Morgan fingerprint density at radius 1 is 1.33 bits per heavy atom. The van der Waals surface area contributed by atoms with Gasteiger partial charge in [-0.1, -0.05) is 0 Å². The molecule has 130 valence electrons. The molecule has 0 aromatic heterocycles. The molecule has 0 saturated carbocycles. The predicted molar refractivity (Wildman–Crippen MR) is 85.5 cm³/mol. The number of non-ortho nitro benzene ring substituents is 1. The number of benzene rings is 1. The van der Waals surface area contributed by atoms with Gasteiger partial charge in [-0.05, 0) is 33.3 Å². The zero-order valence-electron chi connectivity index (χ0n) is 13.9. The number of likely N-dealkylation sites (tertiary alicyclic amines) is 1. The van der Waals surface area contributed by atoms with E-state index in [1.54, 1.807) is 4.90 Å². The van der Waals surface area contributed by atoms with E-state index < -0.39 is 16.3 Å². The summed E-state index contributed by atoms with van der Waals surface area (Å²) in [6.07, 6.45) is 0.397. The van der Waals surface area contributed by atoms with Gasteiger partial charge in [0.2, 0.25) is 0 Å². The highest BCUT2D eigenvalue weighted by atomic mass is 19.1. The minimum absolute atomic E-state index is 0.00141. The van der Waals surface area contributed by atoms with Gasteiger partial charge < -0.3 is 14.5 Å². The number of carbonyl (C=O) groups excluding carboxylic acids is 1. The summed E-state index contributed by atoms with van der Waals surface area (Å²) in [7, 11) is 0. The average molecular weight is 337 g/mol. The number of fused-ring (bicyclic) bond motifs is 2. The third kappa shape index (κ3) is 3.00. The Morgan fingerprint density at radius 3 is 2.54 bits per heavy atom. The van der Waals surface area contributed by atoms with Gasteiger partial charge in [-0.15, -0.1) is 0 Å². The van der Waals surface area contributed by atoms with Crippen LogP contribution in [0.4, 0.5) is 20.6 Å². The summed E-state index contributed by atoms with van der Waals surface area (Å²) >= 11 is 0. The first kappa shape index (κ1) is 16.5. The van der Waals surface area contributed by atoms with Crippen molar-refractivity contribution in [3.05, 3.63) is 34.1 Å². The van der Waals surface area contributed by atoms with Gasteiger partial charge in [-0.25, -0.2) is 9.18 Å². The Morgan fingerprint density at radius 2 is 2.04 bits per heavy atom. The predicted octanol–water partition coefficient (Wildman–Crippen LogP) is 2.93. The van der Waals surface area contributed by atoms with Crippen LogP contribution in [0.1, 0.15) is 27.2 Å². The molecule has 1 aromatic carbocycles. The fraction of sp³-hybridized carbons (Fsp3) is 0.562. The number of halogens is 1. The number of nitrogens with zero attached hydrogens (tertiary/aromatic N) is 3. The van der Waals surface area contributed by atoms with Crippen LogP contribution in [0.15, 0.2) is 18.2 Å². The van der Waals surface area contributed by atoms with Crippen molar-refractivity contribution in [3.8, 4) is 0 Å². The molecule has 0 unspecified atom stereocenters. The van der Waals surface area contributed by atoms with Gasteiger partial charge in [-0.2, -0.15) is 0 Å². The van der Waals surface area contributed by atoms with Crippen molar-refractivity contribution in [1.29, 1.82) is 0 Å². The van der Waals surface area contributed by atoms with E-state index in [-0.39, 0.29) is 23.9 Å². The Bertz CT molecular complexity index is 688. The first-order chi connectivity index (χ1) is 11.2. The van der Waals surface area contributed by atoms with Gasteiger partial charge in [0.05, 0.1) is 22.7 Å². The number of rotatable bonds is 2. The van der Waals surface area contributed by atoms with E-state index >= 15 is 0 Å². The van der Waals surface area contributed by atoms with Crippen LogP contribution in [0.2, 0.25) is 0 Å². The van der Waals surface area contributed by atoms with Gasteiger partial charge in [0.25, 0.3) is 5.69 Å². The maximum absolute atomic E-state index is 14.2. The maximum atomic E-state index is 14.2. The number of anilines is 1. The molecule has 0 aliphatic carbocycles. The number of piperazine rings is 1. The maximum Gasteiger partial charge on any atom is 0.410 e. The lowest BCUT2D eigenvalue weighted by molar-refractivity contribution is -0.385. The molecule has 7 nitrogen and oxygen atoms in total. The van der Waals surface area contributed by atoms with Gasteiger partial charge in [-0.3, -0.25) is 10.1 Å². The van der Waals surface area contributed by atoms with Crippen molar-refractivity contribution < 1.29 is 18.8 Å². The lowest BCUT2D eigenvalue weighted by atomic mass is 10.2. The molecule has 24 heavy (non-hydrogen) atoms. The summed E-state index contributed by atoms with van der Waals surface area (Å²) in [5.74, 6) is -0.611. The van der Waals surface area contributed by atoms with Crippen LogP contribution in [0.25, 0.3) is 0 Å². The Hall–Kier alpha value is -2.38. The van der Waals surface area contributed by atoms with Gasteiger partial charge in [0.15, 0.2) is 5.82 Å². The topological polar surface area (TPSA) is 75.9 Å². The van der Waals surface area contributed by atoms with Crippen LogP contribution in [-0.2, 0) is 4.74 Å². The van der Waals surface area contributed by atoms with Crippen molar-refractivity contribution in [2.45, 2.75) is 44.9 Å². The van der Waals surface area contributed by atoms with Crippen LogP contribution < -0.4 is 4.90 Å². The van der Waals surface area contributed by atoms with Crippen molar-refractivity contribution in [3.63, 3.8) is 0 Å². The van der Waals surface area contributed by atoms with Crippen LogP contribution in [0.3, 0.4) is 0 Å². The summed E-state index contributed by atoms with van der Waals surface area (Å²) in [6.45, 7) is 6.42. The minimum atomic E-state index is -0.618. The second-order valence-corrected chi connectivity index (χ2v) is 7.22. The van der Waals surface area contributed by atoms with Gasteiger partial charge in [0.1, 0.15) is 5.60 Å². The fourth-order valence-electron chi connectivity index (χ4n) is 3.35. The van der Waals surface area contributed by atoms with Crippen molar-refractivity contribution >= 4 is 17.5 Å². The second-order valence-electron chi connectivity index (χ2n) is 7.22. The molecule has 2 fully saturated rings. The molecule has 2 saturated heterocycles. The minimum Gasteiger partial charge on any atom is -0.444 e. The monoisotopic (exact) mass is 337 g/mol. The summed E-state index contributed by atoms with van der Waals surface area (Å²) in [4.78, 5) is 25.9. The summed E-state index contributed by atoms with van der Waals surface area (Å²) in [6, 6.07) is 3.65. The highest BCUT2D eigenvalue weighted by molar-refractivity contribution is 5.70. The Kier molecular flexibility index (Phi) is 3.85. The number of nitro groups is 1. The van der Waals surface area contributed by atoms with E-state index in [2.05, 4.69) is 0 Å². The lowest BCUT2D eigenvalue weighted by Crippen LogP contribution is -2.50. The lowest BCUT2D eigenvalue weighted by Gasteiger charge is -2.36. The molecule has 1 aromatic rings. The quantitative estimate of drug-likeness (QED) is 0.612. The van der Waals surface area contributed by atoms with E-state index in [1.165, 1.54) is 12.1 Å². The highest BCUT2D eigenvalue weighted by Crippen LogP contribution is 2.37. The summed E-state index contributed by atoms with van der Waals surface area (Å²) < 4.78 is 19.6. The molecule has 2 heterocycles. The normalized spacial score (nSPS) is 22.8. The third-order valence-electron chi connectivity index (χ3n) is 4.32. The summed E-state index contributed by atoms with van der Waals surface area (Å²) in [5, 5.41) is 10.7. The first-order valence-electron chi connectivity index (χ1n) is 7.86. The van der Waals surface area contributed by atoms with E-state index in [0.29, 0.717) is 18.8 Å². The van der Waals surface area contributed by atoms with Crippen molar-refractivity contribution in [2.24, 2.45) is 0 Å². The van der Waals surface area contributed by atoms with Crippen LogP contribution in [0.5, 0.6) is 0 Å². The zero-order valence-corrected chi connectivity index (χ0v) is 13.9. The van der Waals surface area contributed by atoms with E-state index in [0.717, 1.165) is 12.5 Å². The largest absolute Gasteiger partial charge is 0.444 e. The van der Waals surface area contributed by atoms with Crippen LogP contribution in [-0.4, -0.2) is 46.7 Å². The average Bonchev–Trinajstić information content (AvgIpc) is 3.05. The summed E-state index contributed by atoms with van der Waals surface area (Å²) in [5.41, 5.74) is -0.476. The second kappa shape index (κ2) is 5.61. The van der Waals surface area contributed by atoms with Crippen molar-refractivity contribution in [2.75, 3.05) is 18.0 Å².